The van der Waals surface area contributed by atoms with Gasteiger partial charge >= 0.3 is 5.97 Å². The summed E-state index contributed by atoms with van der Waals surface area (Å²) in [5.41, 5.74) is 0. The SMILES string of the molecule is CCCCCCCCCCCCCCCCCC(=O)O.[Tb]. The van der Waals surface area contributed by atoms with Gasteiger partial charge in [0.05, 0.1) is 0 Å². The van der Waals surface area contributed by atoms with Crippen molar-refractivity contribution in [2.75, 3.05) is 0 Å². The van der Waals surface area contributed by atoms with Crippen molar-refractivity contribution in [1.29, 1.82) is 0 Å². The third kappa shape index (κ3) is 23.2. The summed E-state index contributed by atoms with van der Waals surface area (Å²) >= 11 is 0. The molecule has 3 heteroatoms. The first kappa shape index (κ1) is 24.0. The molecule has 1 N–H and O–H groups in total. The molecular formula is C18H36O2Tb. The van der Waals surface area contributed by atoms with Gasteiger partial charge in [0, 0.05) is 45.0 Å². The standard InChI is InChI=1S/C18H36O2.Tb/c1-2-3-4-5-6-7-8-9-10-11-12-13-14-15-16-17-18(19)20;/h2-17H2,1H3,(H,19,20);. The number of carbonyl (C=O) groups is 1. The predicted molar refractivity (Wildman–Crippen MR) is 87.2 cm³/mol. The summed E-state index contributed by atoms with van der Waals surface area (Å²) in [6.45, 7) is 2.27. The van der Waals surface area contributed by atoms with Crippen molar-refractivity contribution < 1.29 is 48.5 Å². The summed E-state index contributed by atoms with van der Waals surface area (Å²) in [4.78, 5) is 10.3. The van der Waals surface area contributed by atoms with E-state index in [4.69, 9.17) is 5.11 Å². The molecule has 1 radical (unpaired) electrons. The van der Waals surface area contributed by atoms with E-state index in [1.165, 1.54) is 83.5 Å². The van der Waals surface area contributed by atoms with Gasteiger partial charge in [0.25, 0.3) is 0 Å². The second kappa shape index (κ2) is 20.8. The van der Waals surface area contributed by atoms with Crippen LogP contribution in [0.1, 0.15) is 110 Å². The molecule has 0 amide bonds. The number of hydrogen-bond acceptors (Lipinski definition) is 1. The molecule has 2 nitrogen and oxygen atoms in total. The van der Waals surface area contributed by atoms with E-state index in [0.29, 0.717) is 6.42 Å². The first-order valence-electron chi connectivity index (χ1n) is 8.99. The van der Waals surface area contributed by atoms with Crippen molar-refractivity contribution in [1.82, 2.24) is 0 Å². The molecule has 0 atom stereocenters. The van der Waals surface area contributed by atoms with Crippen LogP contribution in [0.2, 0.25) is 0 Å². The van der Waals surface area contributed by atoms with E-state index in [0.717, 1.165) is 12.8 Å². The topological polar surface area (TPSA) is 37.3 Å². The van der Waals surface area contributed by atoms with Crippen LogP contribution in [0.25, 0.3) is 0 Å². The third-order valence-electron chi connectivity index (χ3n) is 3.99. The van der Waals surface area contributed by atoms with Crippen molar-refractivity contribution >= 4 is 5.97 Å². The summed E-state index contributed by atoms with van der Waals surface area (Å²) in [5.74, 6) is -0.653. The minimum absolute atomic E-state index is 0. The first-order valence-corrected chi connectivity index (χ1v) is 8.99. The number of rotatable bonds is 16. The molecule has 0 aliphatic rings. The van der Waals surface area contributed by atoms with Crippen molar-refractivity contribution in [3.05, 3.63) is 0 Å². The van der Waals surface area contributed by atoms with Gasteiger partial charge in [-0.05, 0) is 6.42 Å². The van der Waals surface area contributed by atoms with E-state index >= 15 is 0 Å². The summed E-state index contributed by atoms with van der Waals surface area (Å²) in [5, 5.41) is 8.52. The van der Waals surface area contributed by atoms with E-state index in [2.05, 4.69) is 6.92 Å². The van der Waals surface area contributed by atoms with Crippen LogP contribution in [0, 0.1) is 38.6 Å². The van der Waals surface area contributed by atoms with Gasteiger partial charge in [0.15, 0.2) is 0 Å². The second-order valence-corrected chi connectivity index (χ2v) is 6.09. The average Bonchev–Trinajstić information content (AvgIpc) is 2.43. The zero-order chi connectivity index (χ0) is 14.9. The van der Waals surface area contributed by atoms with Crippen LogP contribution in [0.4, 0.5) is 0 Å². The Hall–Kier alpha value is 0.756. The van der Waals surface area contributed by atoms with Crippen molar-refractivity contribution in [3.8, 4) is 0 Å². The van der Waals surface area contributed by atoms with Crippen LogP contribution in [0.5, 0.6) is 0 Å². The van der Waals surface area contributed by atoms with Gasteiger partial charge < -0.3 is 5.11 Å². The molecule has 0 saturated heterocycles. The Morgan fingerprint density at radius 2 is 0.905 bits per heavy atom. The zero-order valence-electron chi connectivity index (χ0n) is 14.0. The quantitative estimate of drug-likeness (QED) is 0.283. The zero-order valence-corrected chi connectivity index (χ0v) is 16.1. The molecule has 0 heterocycles. The van der Waals surface area contributed by atoms with Gasteiger partial charge in [-0.3, -0.25) is 4.79 Å². The van der Waals surface area contributed by atoms with Gasteiger partial charge in [-0.2, -0.15) is 0 Å². The van der Waals surface area contributed by atoms with E-state index < -0.39 is 5.97 Å². The second-order valence-electron chi connectivity index (χ2n) is 6.09. The molecule has 0 fully saturated rings. The van der Waals surface area contributed by atoms with Gasteiger partial charge in [0.2, 0.25) is 0 Å². The first-order chi connectivity index (χ1) is 9.77. The maximum atomic E-state index is 10.3. The fourth-order valence-corrected chi connectivity index (χ4v) is 2.65. The van der Waals surface area contributed by atoms with Gasteiger partial charge in [-0.15, -0.1) is 0 Å². The van der Waals surface area contributed by atoms with Crippen molar-refractivity contribution in [2.24, 2.45) is 0 Å². The molecule has 0 rings (SSSR count). The molecule has 0 aliphatic heterocycles. The smallest absolute Gasteiger partial charge is 0.303 e. The van der Waals surface area contributed by atoms with Gasteiger partial charge in [0.1, 0.15) is 0 Å². The molecule has 0 aromatic carbocycles. The molecule has 0 aliphatic carbocycles. The Bertz CT molecular complexity index is 207. The predicted octanol–water partition coefficient (Wildman–Crippen LogP) is 6.33. The van der Waals surface area contributed by atoms with Gasteiger partial charge in [-0.1, -0.05) is 96.8 Å². The summed E-state index contributed by atoms with van der Waals surface area (Å²) in [7, 11) is 0. The molecule has 129 valence electrons. The molecular weight excluding hydrogens is 407 g/mol. The number of unbranched alkanes of at least 4 members (excludes halogenated alkanes) is 14. The van der Waals surface area contributed by atoms with Gasteiger partial charge in [-0.25, -0.2) is 0 Å². The van der Waals surface area contributed by atoms with Crippen molar-refractivity contribution in [3.63, 3.8) is 0 Å². The van der Waals surface area contributed by atoms with Crippen LogP contribution in [-0.2, 0) is 4.79 Å². The average molecular weight is 443 g/mol. The van der Waals surface area contributed by atoms with Crippen LogP contribution in [0.15, 0.2) is 0 Å². The van der Waals surface area contributed by atoms with Crippen LogP contribution in [0.3, 0.4) is 0 Å². The number of aliphatic carboxylic acids is 1. The number of carboxylic acids is 1. The molecule has 0 unspecified atom stereocenters. The summed E-state index contributed by atoms with van der Waals surface area (Å²) in [6.07, 6.45) is 20.2. The van der Waals surface area contributed by atoms with Crippen molar-refractivity contribution in [2.45, 2.75) is 110 Å². The third-order valence-corrected chi connectivity index (χ3v) is 3.99. The normalized spacial score (nSPS) is 10.3. The maximum Gasteiger partial charge on any atom is 0.303 e. The molecule has 0 aromatic rings. The number of carboxylic acid groups (broad SMARTS) is 1. The minimum Gasteiger partial charge on any atom is -0.481 e. The summed E-state index contributed by atoms with van der Waals surface area (Å²) in [6, 6.07) is 0. The van der Waals surface area contributed by atoms with E-state index in [-0.39, 0.29) is 38.6 Å². The summed E-state index contributed by atoms with van der Waals surface area (Å²) < 4.78 is 0. The monoisotopic (exact) mass is 443 g/mol. The number of hydrogen-bond donors (Lipinski definition) is 1. The maximum absolute atomic E-state index is 10.3. The molecule has 21 heavy (non-hydrogen) atoms. The Balaban J connectivity index is 0. The van der Waals surface area contributed by atoms with Crippen LogP contribution >= 0.6 is 0 Å². The largest absolute Gasteiger partial charge is 0.481 e. The fourth-order valence-electron chi connectivity index (χ4n) is 2.65. The molecule has 0 aromatic heterocycles. The van der Waals surface area contributed by atoms with E-state index in [9.17, 15) is 4.79 Å². The Morgan fingerprint density at radius 3 is 1.19 bits per heavy atom. The minimum atomic E-state index is -0.653. The van der Waals surface area contributed by atoms with Crippen LogP contribution < -0.4 is 0 Å². The van der Waals surface area contributed by atoms with E-state index in [1.807, 2.05) is 0 Å². The molecule has 0 saturated carbocycles. The Labute approximate surface area is 163 Å². The Kier molecular flexibility index (Phi) is 23.7. The van der Waals surface area contributed by atoms with E-state index in [1.54, 1.807) is 0 Å². The van der Waals surface area contributed by atoms with Crippen LogP contribution in [-0.4, -0.2) is 11.1 Å². The molecule has 0 bridgehead atoms. The molecule has 0 spiro atoms. The fraction of sp³-hybridized carbons (Fsp3) is 0.944. The Morgan fingerprint density at radius 1 is 0.619 bits per heavy atom.